The molecule has 0 spiro atoms. The first-order chi connectivity index (χ1) is 12.1. The lowest BCUT2D eigenvalue weighted by atomic mass is 10.1. The Kier molecular flexibility index (Phi) is 14.2. The highest BCUT2D eigenvalue weighted by Crippen LogP contribution is 2.20. The zero-order valence-electron chi connectivity index (χ0n) is 13.6. The van der Waals surface area contributed by atoms with Crippen molar-refractivity contribution in [2.24, 2.45) is 0 Å². The van der Waals surface area contributed by atoms with Gasteiger partial charge in [0, 0.05) is 13.2 Å². The number of hydrogen-bond donors (Lipinski definition) is 7. The zero-order chi connectivity index (χ0) is 20.8. The quantitative estimate of drug-likeness (QED) is 0.220. The summed E-state index contributed by atoms with van der Waals surface area (Å²) in [6.07, 6.45) is 1.44. The second-order valence-electron chi connectivity index (χ2n) is 4.37. The van der Waals surface area contributed by atoms with Gasteiger partial charge in [-0.15, -0.1) is 0 Å². The second kappa shape index (κ2) is 14.1. The maximum absolute atomic E-state index is 10.9. The summed E-state index contributed by atoms with van der Waals surface area (Å²) in [5.41, 5.74) is -1.58. The SMILES string of the molecule is O=C(O)c1cccc(C(=O)O)c1S(=O)(=O)O.OCCCCO.OCCO. The Bertz CT molecular complexity index is 617. The van der Waals surface area contributed by atoms with E-state index in [-0.39, 0.29) is 26.4 Å². The van der Waals surface area contributed by atoms with E-state index in [0.717, 1.165) is 31.0 Å². The van der Waals surface area contributed by atoms with Gasteiger partial charge < -0.3 is 30.6 Å². The molecule has 150 valence electrons. The van der Waals surface area contributed by atoms with Crippen molar-refractivity contribution in [2.75, 3.05) is 26.4 Å². The molecule has 11 nitrogen and oxygen atoms in total. The van der Waals surface area contributed by atoms with E-state index in [2.05, 4.69) is 0 Å². The Labute approximate surface area is 149 Å². The first kappa shape index (κ1) is 26.1. The van der Waals surface area contributed by atoms with Crippen LogP contribution in [0.4, 0.5) is 0 Å². The van der Waals surface area contributed by atoms with Crippen LogP contribution < -0.4 is 0 Å². The van der Waals surface area contributed by atoms with Crippen molar-refractivity contribution < 1.29 is 53.2 Å². The van der Waals surface area contributed by atoms with Crippen molar-refractivity contribution in [1.82, 2.24) is 0 Å². The largest absolute Gasteiger partial charge is 0.478 e. The summed E-state index contributed by atoms with van der Waals surface area (Å²) >= 11 is 0. The van der Waals surface area contributed by atoms with Gasteiger partial charge in [-0.3, -0.25) is 4.55 Å². The van der Waals surface area contributed by atoms with Gasteiger partial charge in [-0.2, -0.15) is 8.42 Å². The zero-order valence-corrected chi connectivity index (χ0v) is 14.5. The molecule has 0 aromatic heterocycles. The van der Waals surface area contributed by atoms with E-state index in [1.165, 1.54) is 0 Å². The van der Waals surface area contributed by atoms with E-state index in [4.69, 9.17) is 35.2 Å². The van der Waals surface area contributed by atoms with Crippen LogP contribution in [0, 0.1) is 0 Å². The Morgan fingerprint density at radius 2 is 1.12 bits per heavy atom. The minimum Gasteiger partial charge on any atom is -0.478 e. The molecule has 0 aliphatic heterocycles. The molecule has 0 saturated heterocycles. The van der Waals surface area contributed by atoms with Crippen molar-refractivity contribution in [3.05, 3.63) is 29.3 Å². The predicted octanol–water partition coefficient (Wildman–Crippen LogP) is -0.948. The molecule has 12 heteroatoms. The number of carboxylic acids is 2. The number of carbonyl (C=O) groups is 2. The molecule has 1 rings (SSSR count). The first-order valence-electron chi connectivity index (χ1n) is 7.08. The molecule has 0 atom stereocenters. The number of benzene rings is 1. The van der Waals surface area contributed by atoms with Crippen molar-refractivity contribution in [2.45, 2.75) is 17.7 Å². The van der Waals surface area contributed by atoms with Crippen molar-refractivity contribution >= 4 is 22.1 Å². The maximum atomic E-state index is 10.9. The molecule has 0 heterocycles. The average Bonchev–Trinajstić information content (AvgIpc) is 2.59. The fourth-order valence-corrected chi connectivity index (χ4v) is 2.24. The third kappa shape index (κ3) is 10.7. The first-order valence-corrected chi connectivity index (χ1v) is 8.52. The highest BCUT2D eigenvalue weighted by molar-refractivity contribution is 7.86. The average molecular weight is 398 g/mol. The van der Waals surface area contributed by atoms with E-state index in [1.807, 2.05) is 0 Å². The number of hydrogen-bond acceptors (Lipinski definition) is 8. The number of aliphatic hydroxyl groups excluding tert-OH is 4. The highest BCUT2D eigenvalue weighted by Gasteiger charge is 2.26. The van der Waals surface area contributed by atoms with Crippen molar-refractivity contribution in [3.8, 4) is 0 Å². The van der Waals surface area contributed by atoms with Crippen LogP contribution >= 0.6 is 0 Å². The maximum Gasteiger partial charge on any atom is 0.337 e. The summed E-state index contributed by atoms with van der Waals surface area (Å²) < 4.78 is 30.6. The van der Waals surface area contributed by atoms with Crippen molar-refractivity contribution in [3.63, 3.8) is 0 Å². The van der Waals surface area contributed by atoms with Crippen LogP contribution in [0.5, 0.6) is 0 Å². The molecule has 7 N–H and O–H groups in total. The highest BCUT2D eigenvalue weighted by atomic mass is 32.2. The molecule has 0 radical (unpaired) electrons. The Balaban J connectivity index is 0. The monoisotopic (exact) mass is 398 g/mol. The molecule has 26 heavy (non-hydrogen) atoms. The summed E-state index contributed by atoms with van der Waals surface area (Å²) in [6.45, 7) is 0.140. The third-order valence-electron chi connectivity index (χ3n) is 2.40. The molecule has 1 aromatic carbocycles. The van der Waals surface area contributed by atoms with Gasteiger partial charge in [0.2, 0.25) is 0 Å². The Morgan fingerprint density at radius 3 is 1.31 bits per heavy atom. The Hall–Kier alpha value is -2.09. The fraction of sp³-hybridized carbons (Fsp3) is 0.429. The van der Waals surface area contributed by atoms with Crippen molar-refractivity contribution in [1.29, 1.82) is 0 Å². The van der Waals surface area contributed by atoms with Crippen LogP contribution in [0.2, 0.25) is 0 Å². The lowest BCUT2D eigenvalue weighted by Gasteiger charge is -2.05. The van der Waals surface area contributed by atoms with E-state index in [9.17, 15) is 18.0 Å². The predicted molar refractivity (Wildman–Crippen MR) is 87.8 cm³/mol. The molecule has 0 aliphatic carbocycles. The number of aromatic carboxylic acids is 2. The van der Waals surface area contributed by atoms with Crippen LogP contribution in [0.25, 0.3) is 0 Å². The molecule has 0 saturated carbocycles. The summed E-state index contributed by atoms with van der Waals surface area (Å²) in [7, 11) is -4.92. The van der Waals surface area contributed by atoms with E-state index in [1.54, 1.807) is 0 Å². The van der Waals surface area contributed by atoms with E-state index < -0.39 is 38.1 Å². The van der Waals surface area contributed by atoms with E-state index in [0.29, 0.717) is 0 Å². The molecular formula is C14H22O11S. The minimum atomic E-state index is -4.92. The van der Waals surface area contributed by atoms with Gasteiger partial charge >= 0.3 is 11.9 Å². The molecule has 0 aliphatic rings. The summed E-state index contributed by atoms with van der Waals surface area (Å²) in [5.74, 6) is -3.29. The topological polar surface area (TPSA) is 210 Å². The number of rotatable bonds is 7. The van der Waals surface area contributed by atoms with Crippen LogP contribution in [-0.4, -0.2) is 82.0 Å². The normalized spacial score (nSPS) is 10.0. The van der Waals surface area contributed by atoms with Gasteiger partial charge in [0.05, 0.1) is 24.3 Å². The number of carboxylic acid groups (broad SMARTS) is 2. The minimum absolute atomic E-state index is 0.125. The summed E-state index contributed by atoms with van der Waals surface area (Å²) in [5, 5.41) is 48.8. The molecule has 0 unspecified atom stereocenters. The van der Waals surface area contributed by atoms with Gasteiger partial charge in [-0.05, 0) is 25.0 Å². The molecule has 0 fully saturated rings. The standard InChI is InChI=1S/C8H6O7S.C4H10O2.C2H6O2/c9-7(10)4-2-1-3-5(8(11)12)6(4)16(13,14)15;5-3-1-2-4-6;3-1-2-4/h1-3H,(H,9,10)(H,11,12)(H,13,14,15);5-6H,1-4H2;3-4H,1-2H2. The Morgan fingerprint density at radius 1 is 0.769 bits per heavy atom. The van der Waals surface area contributed by atoms with Gasteiger partial charge in [-0.25, -0.2) is 9.59 Å². The number of unbranched alkanes of at least 4 members (excludes halogenated alkanes) is 1. The molecule has 0 bridgehead atoms. The van der Waals surface area contributed by atoms with Crippen LogP contribution in [-0.2, 0) is 10.1 Å². The van der Waals surface area contributed by atoms with Gasteiger partial charge in [0.25, 0.3) is 10.1 Å². The van der Waals surface area contributed by atoms with Crippen LogP contribution in [0.1, 0.15) is 33.6 Å². The van der Waals surface area contributed by atoms with Crippen LogP contribution in [0.3, 0.4) is 0 Å². The second-order valence-corrected chi connectivity index (χ2v) is 5.73. The molecular weight excluding hydrogens is 376 g/mol. The van der Waals surface area contributed by atoms with Gasteiger partial charge in [0.1, 0.15) is 4.90 Å². The summed E-state index contributed by atoms with van der Waals surface area (Å²) in [4.78, 5) is 20.2. The smallest absolute Gasteiger partial charge is 0.337 e. The van der Waals surface area contributed by atoms with Gasteiger partial charge in [0.15, 0.2) is 0 Å². The summed E-state index contributed by atoms with van der Waals surface area (Å²) in [6, 6.07) is 2.84. The van der Waals surface area contributed by atoms with Crippen LogP contribution in [0.15, 0.2) is 23.1 Å². The fourth-order valence-electron chi connectivity index (χ4n) is 1.38. The van der Waals surface area contributed by atoms with E-state index >= 15 is 0 Å². The third-order valence-corrected chi connectivity index (χ3v) is 3.36. The lowest BCUT2D eigenvalue weighted by molar-refractivity contribution is 0.0688. The molecule has 1 aromatic rings. The van der Waals surface area contributed by atoms with Gasteiger partial charge in [-0.1, -0.05) is 6.07 Å². The molecule has 0 amide bonds. The lowest BCUT2D eigenvalue weighted by Crippen LogP contribution is -2.14. The number of aliphatic hydroxyl groups is 4.